The summed E-state index contributed by atoms with van der Waals surface area (Å²) in [6.45, 7) is 3.79. The molecule has 2 N–H and O–H groups in total. The molecule has 2 rings (SSSR count). The molecule has 1 aromatic carbocycles. The van der Waals surface area contributed by atoms with Crippen molar-refractivity contribution in [3.8, 4) is 0 Å². The molecular formula is C17H17FN2O3S. The van der Waals surface area contributed by atoms with Crippen LogP contribution in [0.4, 0.5) is 4.39 Å². The van der Waals surface area contributed by atoms with Gasteiger partial charge in [0, 0.05) is 33.7 Å². The Kier molecular flexibility index (Phi) is 5.81. The zero-order valence-corrected chi connectivity index (χ0v) is 14.1. The lowest BCUT2D eigenvalue weighted by Gasteiger charge is -2.07. The Morgan fingerprint density at radius 2 is 1.71 bits per heavy atom. The highest BCUT2D eigenvalue weighted by Crippen LogP contribution is 2.22. The number of Topliss-reactive ketones (excluding diaryl/α,β-unsaturated/α-hetero) is 1. The third-order valence-corrected chi connectivity index (χ3v) is 4.31. The predicted octanol–water partition coefficient (Wildman–Crippen LogP) is 2.93. The molecule has 1 aromatic heterocycles. The van der Waals surface area contributed by atoms with Crippen molar-refractivity contribution in [3.05, 3.63) is 57.0 Å². The van der Waals surface area contributed by atoms with Crippen molar-refractivity contribution in [2.24, 2.45) is 0 Å². The van der Waals surface area contributed by atoms with Crippen molar-refractivity contribution in [1.29, 1.82) is 0 Å². The average Bonchev–Trinajstić information content (AvgIpc) is 2.89. The van der Waals surface area contributed by atoms with Crippen LogP contribution in [0.2, 0.25) is 0 Å². The number of aryl methyl sites for hydroxylation is 2. The van der Waals surface area contributed by atoms with Gasteiger partial charge in [0.05, 0.1) is 0 Å². The summed E-state index contributed by atoms with van der Waals surface area (Å²) in [7, 11) is 0. The number of carbonyl (C=O) groups excluding carboxylic acids is 3. The molecule has 0 saturated carbocycles. The number of hydrazine groups is 1. The maximum Gasteiger partial charge on any atom is 0.269 e. The quantitative estimate of drug-likeness (QED) is 0.644. The van der Waals surface area contributed by atoms with E-state index in [1.807, 2.05) is 19.9 Å². The van der Waals surface area contributed by atoms with E-state index < -0.39 is 17.6 Å². The normalized spacial score (nSPS) is 10.3. The van der Waals surface area contributed by atoms with Crippen LogP contribution >= 0.6 is 11.3 Å². The van der Waals surface area contributed by atoms with Gasteiger partial charge in [0.25, 0.3) is 5.91 Å². The van der Waals surface area contributed by atoms with Crippen LogP contribution < -0.4 is 10.9 Å². The smallest absolute Gasteiger partial charge is 0.269 e. The van der Waals surface area contributed by atoms with Crippen LogP contribution in [0.3, 0.4) is 0 Å². The third-order valence-electron chi connectivity index (χ3n) is 3.34. The second kappa shape index (κ2) is 7.83. The lowest BCUT2D eigenvalue weighted by atomic mass is 10.1. The number of rotatable bonds is 5. The molecule has 0 aliphatic rings. The summed E-state index contributed by atoms with van der Waals surface area (Å²) in [5, 5.41) is 0. The Bertz CT molecular complexity index is 769. The van der Waals surface area contributed by atoms with E-state index >= 15 is 0 Å². The van der Waals surface area contributed by atoms with E-state index in [0.29, 0.717) is 5.56 Å². The first kappa shape index (κ1) is 17.8. The number of amides is 2. The summed E-state index contributed by atoms with van der Waals surface area (Å²) in [6, 6.07) is 6.74. The molecule has 0 atom stereocenters. The van der Waals surface area contributed by atoms with Gasteiger partial charge in [-0.25, -0.2) is 4.39 Å². The molecule has 0 unspecified atom stereocenters. The molecule has 2 aromatic rings. The molecule has 2 amide bonds. The second-order valence-corrected chi connectivity index (χ2v) is 6.72. The van der Waals surface area contributed by atoms with Gasteiger partial charge in [-0.05, 0) is 44.2 Å². The molecule has 5 nitrogen and oxygen atoms in total. The largest absolute Gasteiger partial charge is 0.294 e. The van der Waals surface area contributed by atoms with Gasteiger partial charge >= 0.3 is 0 Å². The van der Waals surface area contributed by atoms with Crippen LogP contribution in [-0.4, -0.2) is 17.6 Å². The summed E-state index contributed by atoms with van der Waals surface area (Å²) in [4.78, 5) is 37.5. The average molecular weight is 348 g/mol. The molecule has 1 heterocycles. The van der Waals surface area contributed by atoms with Gasteiger partial charge in [0.15, 0.2) is 5.78 Å². The fourth-order valence-corrected chi connectivity index (χ4v) is 3.07. The number of hydrogen-bond donors (Lipinski definition) is 2. The Morgan fingerprint density at radius 1 is 1.04 bits per heavy atom. The van der Waals surface area contributed by atoms with Crippen molar-refractivity contribution >= 4 is 28.9 Å². The van der Waals surface area contributed by atoms with E-state index in [1.54, 1.807) is 0 Å². The molecule has 0 bridgehead atoms. The highest BCUT2D eigenvalue weighted by atomic mass is 32.1. The van der Waals surface area contributed by atoms with Gasteiger partial charge in [0.1, 0.15) is 5.82 Å². The maximum absolute atomic E-state index is 12.8. The fraction of sp³-hybridized carbons (Fsp3) is 0.235. The molecule has 24 heavy (non-hydrogen) atoms. The van der Waals surface area contributed by atoms with Gasteiger partial charge in [-0.3, -0.25) is 25.2 Å². The lowest BCUT2D eigenvalue weighted by Crippen LogP contribution is -2.41. The van der Waals surface area contributed by atoms with Crippen LogP contribution in [0.15, 0.2) is 30.3 Å². The molecule has 7 heteroatoms. The Labute approximate surface area is 142 Å². The van der Waals surface area contributed by atoms with E-state index in [1.165, 1.54) is 23.5 Å². The third kappa shape index (κ3) is 4.73. The first-order chi connectivity index (χ1) is 11.4. The molecule has 0 aliphatic heterocycles. The first-order valence-electron chi connectivity index (χ1n) is 7.32. The van der Waals surface area contributed by atoms with Crippen LogP contribution in [0, 0.1) is 19.7 Å². The predicted molar refractivity (Wildman–Crippen MR) is 89.4 cm³/mol. The highest BCUT2D eigenvalue weighted by molar-refractivity contribution is 7.12. The minimum absolute atomic E-state index is 0.0309. The van der Waals surface area contributed by atoms with Crippen LogP contribution in [0.5, 0.6) is 0 Å². The minimum atomic E-state index is -0.556. The first-order valence-corrected chi connectivity index (χ1v) is 8.13. The van der Waals surface area contributed by atoms with Crippen molar-refractivity contribution in [2.75, 3.05) is 0 Å². The highest BCUT2D eigenvalue weighted by Gasteiger charge is 2.14. The van der Waals surface area contributed by atoms with Crippen molar-refractivity contribution < 1.29 is 18.8 Å². The summed E-state index contributed by atoms with van der Waals surface area (Å²) in [5.74, 6) is -1.58. The molecule has 0 fully saturated rings. The number of carbonyl (C=O) groups is 3. The van der Waals surface area contributed by atoms with Gasteiger partial charge in [-0.15, -0.1) is 11.3 Å². The Hall–Kier alpha value is -2.54. The van der Waals surface area contributed by atoms with E-state index in [2.05, 4.69) is 10.9 Å². The van der Waals surface area contributed by atoms with Gasteiger partial charge in [0.2, 0.25) is 5.91 Å². The number of ketones is 1. The van der Waals surface area contributed by atoms with E-state index in [9.17, 15) is 18.8 Å². The second-order valence-electron chi connectivity index (χ2n) is 5.26. The van der Waals surface area contributed by atoms with Gasteiger partial charge in [-0.1, -0.05) is 0 Å². The molecule has 0 aliphatic carbocycles. The van der Waals surface area contributed by atoms with Gasteiger partial charge < -0.3 is 0 Å². The van der Waals surface area contributed by atoms with Crippen molar-refractivity contribution in [1.82, 2.24) is 10.9 Å². The number of nitrogens with one attached hydrogen (secondary N) is 2. The maximum atomic E-state index is 12.8. The molecule has 0 spiro atoms. The van der Waals surface area contributed by atoms with Gasteiger partial charge in [-0.2, -0.15) is 0 Å². The summed E-state index contributed by atoms with van der Waals surface area (Å²) >= 11 is 1.54. The van der Waals surface area contributed by atoms with Crippen molar-refractivity contribution in [2.45, 2.75) is 26.7 Å². The molecular weight excluding hydrogens is 331 g/mol. The monoisotopic (exact) mass is 348 g/mol. The zero-order chi connectivity index (χ0) is 17.7. The van der Waals surface area contributed by atoms with Crippen LogP contribution in [0.1, 0.15) is 43.3 Å². The zero-order valence-electron chi connectivity index (χ0n) is 13.3. The summed E-state index contributed by atoms with van der Waals surface area (Å²) < 4.78 is 12.8. The molecule has 0 radical (unpaired) electrons. The van der Waals surface area contributed by atoms with Crippen LogP contribution in [0.25, 0.3) is 0 Å². The Balaban J connectivity index is 1.79. The fourth-order valence-electron chi connectivity index (χ4n) is 2.13. The SMILES string of the molecule is Cc1cc(C(=O)CCC(=O)NNC(=O)c2ccc(F)cc2)c(C)s1. The summed E-state index contributed by atoms with van der Waals surface area (Å²) in [5.41, 5.74) is 5.33. The summed E-state index contributed by atoms with van der Waals surface area (Å²) in [6.07, 6.45) is 0.0339. The van der Waals surface area contributed by atoms with Crippen LogP contribution in [-0.2, 0) is 4.79 Å². The van der Waals surface area contributed by atoms with Crippen molar-refractivity contribution in [3.63, 3.8) is 0 Å². The molecule has 0 saturated heterocycles. The molecule has 126 valence electrons. The number of thiophene rings is 1. The Morgan fingerprint density at radius 3 is 2.29 bits per heavy atom. The number of hydrogen-bond acceptors (Lipinski definition) is 4. The lowest BCUT2D eigenvalue weighted by molar-refractivity contribution is -0.121. The van der Waals surface area contributed by atoms with E-state index in [4.69, 9.17) is 0 Å². The van der Waals surface area contributed by atoms with E-state index in [-0.39, 0.29) is 24.2 Å². The number of benzene rings is 1. The number of halogens is 1. The minimum Gasteiger partial charge on any atom is -0.294 e. The standard InChI is InChI=1S/C17H17FN2O3S/c1-10-9-14(11(2)24-10)15(21)7-8-16(22)19-20-17(23)12-3-5-13(18)6-4-12/h3-6,9H,7-8H2,1-2H3,(H,19,22)(H,20,23). The van der Waals surface area contributed by atoms with E-state index in [0.717, 1.165) is 21.9 Å². The topological polar surface area (TPSA) is 75.3 Å².